The third-order valence-corrected chi connectivity index (χ3v) is 2.70. The highest BCUT2D eigenvalue weighted by Gasteiger charge is 2.29. The van der Waals surface area contributed by atoms with E-state index in [9.17, 15) is 22.0 Å². The van der Waals surface area contributed by atoms with Crippen LogP contribution in [0.2, 0.25) is 0 Å². The van der Waals surface area contributed by atoms with E-state index in [2.05, 4.69) is 0 Å². The molecule has 0 aliphatic carbocycles. The Morgan fingerprint density at radius 2 is 0.938 bits per heavy atom. The Bertz CT molecular complexity index is 382. The SMILES string of the molecule is CC(C)C(C)c1c(F)c(F)c(F)c(F)c1F. The minimum absolute atomic E-state index is 0.228. The van der Waals surface area contributed by atoms with Gasteiger partial charge in [-0.15, -0.1) is 0 Å². The van der Waals surface area contributed by atoms with Crippen LogP contribution in [-0.4, -0.2) is 0 Å². The zero-order valence-electron chi connectivity index (χ0n) is 9.04. The van der Waals surface area contributed by atoms with Gasteiger partial charge in [0, 0.05) is 5.56 Å². The van der Waals surface area contributed by atoms with Gasteiger partial charge in [-0.1, -0.05) is 20.8 Å². The van der Waals surface area contributed by atoms with Gasteiger partial charge in [0.25, 0.3) is 0 Å². The first-order valence-corrected chi connectivity index (χ1v) is 4.80. The quantitative estimate of drug-likeness (QED) is 0.412. The Morgan fingerprint density at radius 1 is 0.625 bits per heavy atom. The molecule has 16 heavy (non-hydrogen) atoms. The molecule has 0 aliphatic heterocycles. The molecule has 0 N–H and O–H groups in total. The average Bonchev–Trinajstić information content (AvgIpc) is 2.23. The zero-order valence-corrected chi connectivity index (χ0v) is 9.04. The summed E-state index contributed by atoms with van der Waals surface area (Å²) in [5.41, 5.74) is -0.744. The van der Waals surface area contributed by atoms with Crippen molar-refractivity contribution in [2.24, 2.45) is 5.92 Å². The molecule has 1 aromatic carbocycles. The standard InChI is InChI=1S/C11H11F5/c1-4(2)5(3)6-7(12)9(14)11(16)10(15)8(6)13/h4-5H,1-3H3. The molecule has 90 valence electrons. The van der Waals surface area contributed by atoms with Gasteiger partial charge < -0.3 is 0 Å². The highest BCUT2D eigenvalue weighted by molar-refractivity contribution is 5.27. The molecule has 1 aromatic rings. The van der Waals surface area contributed by atoms with Crippen molar-refractivity contribution in [3.63, 3.8) is 0 Å². The van der Waals surface area contributed by atoms with E-state index in [1.807, 2.05) is 0 Å². The lowest BCUT2D eigenvalue weighted by atomic mass is 9.89. The van der Waals surface area contributed by atoms with E-state index in [-0.39, 0.29) is 5.92 Å². The number of hydrogen-bond donors (Lipinski definition) is 0. The topological polar surface area (TPSA) is 0 Å². The van der Waals surface area contributed by atoms with Gasteiger partial charge in [-0.3, -0.25) is 0 Å². The van der Waals surface area contributed by atoms with Crippen molar-refractivity contribution >= 4 is 0 Å². The highest BCUT2D eigenvalue weighted by atomic mass is 19.2. The van der Waals surface area contributed by atoms with Gasteiger partial charge in [0.05, 0.1) is 0 Å². The van der Waals surface area contributed by atoms with E-state index in [0.29, 0.717) is 0 Å². The predicted molar refractivity (Wildman–Crippen MR) is 49.5 cm³/mol. The molecule has 0 heterocycles. The molecule has 0 amide bonds. The van der Waals surface area contributed by atoms with Crippen LogP contribution in [0, 0.1) is 35.0 Å². The maximum atomic E-state index is 13.3. The van der Waals surface area contributed by atoms with E-state index < -0.39 is 40.6 Å². The van der Waals surface area contributed by atoms with E-state index in [0.717, 1.165) is 0 Å². The van der Waals surface area contributed by atoms with E-state index in [1.165, 1.54) is 6.92 Å². The molecular formula is C11H11F5. The fourth-order valence-electron chi connectivity index (χ4n) is 1.35. The van der Waals surface area contributed by atoms with E-state index in [4.69, 9.17) is 0 Å². The molecule has 1 rings (SSSR count). The summed E-state index contributed by atoms with van der Waals surface area (Å²) < 4.78 is 65.1. The Kier molecular flexibility index (Phi) is 3.55. The number of halogens is 5. The molecule has 0 saturated heterocycles. The lowest BCUT2D eigenvalue weighted by Gasteiger charge is -2.18. The lowest BCUT2D eigenvalue weighted by molar-refractivity contribution is 0.356. The fourth-order valence-corrected chi connectivity index (χ4v) is 1.35. The Labute approximate surface area is 90.1 Å². The highest BCUT2D eigenvalue weighted by Crippen LogP contribution is 2.32. The molecule has 0 aromatic heterocycles. The van der Waals surface area contributed by atoms with Crippen LogP contribution in [0.25, 0.3) is 0 Å². The van der Waals surface area contributed by atoms with Crippen molar-refractivity contribution in [2.45, 2.75) is 26.7 Å². The number of rotatable bonds is 2. The van der Waals surface area contributed by atoms with Gasteiger partial charge in [-0.05, 0) is 11.8 Å². The first kappa shape index (κ1) is 12.9. The van der Waals surface area contributed by atoms with Crippen molar-refractivity contribution < 1.29 is 22.0 Å². The predicted octanol–water partition coefficient (Wildman–Crippen LogP) is 4.14. The van der Waals surface area contributed by atoms with Crippen molar-refractivity contribution in [3.8, 4) is 0 Å². The maximum absolute atomic E-state index is 13.3. The molecule has 0 spiro atoms. The molecule has 0 radical (unpaired) electrons. The first-order valence-electron chi connectivity index (χ1n) is 4.80. The van der Waals surface area contributed by atoms with Crippen LogP contribution in [0.3, 0.4) is 0 Å². The number of hydrogen-bond acceptors (Lipinski definition) is 0. The molecule has 0 saturated carbocycles. The molecule has 0 nitrogen and oxygen atoms in total. The van der Waals surface area contributed by atoms with Crippen LogP contribution in [-0.2, 0) is 0 Å². The molecule has 5 heteroatoms. The lowest BCUT2D eigenvalue weighted by Crippen LogP contribution is -2.13. The summed E-state index contributed by atoms with van der Waals surface area (Å²) >= 11 is 0. The largest absolute Gasteiger partial charge is 0.203 e. The molecule has 1 atom stereocenters. The minimum Gasteiger partial charge on any atom is -0.203 e. The summed E-state index contributed by atoms with van der Waals surface area (Å²) in [4.78, 5) is 0. The Morgan fingerprint density at radius 3 is 1.25 bits per heavy atom. The average molecular weight is 238 g/mol. The summed E-state index contributed by atoms with van der Waals surface area (Å²) in [5, 5.41) is 0. The molecule has 1 unspecified atom stereocenters. The van der Waals surface area contributed by atoms with Crippen molar-refractivity contribution in [2.75, 3.05) is 0 Å². The van der Waals surface area contributed by atoms with Gasteiger partial charge in [0.15, 0.2) is 23.3 Å². The Hall–Kier alpha value is -1.13. The van der Waals surface area contributed by atoms with Gasteiger partial charge >= 0.3 is 0 Å². The van der Waals surface area contributed by atoms with Crippen molar-refractivity contribution in [3.05, 3.63) is 34.6 Å². The van der Waals surface area contributed by atoms with Crippen LogP contribution in [0.15, 0.2) is 0 Å². The fraction of sp³-hybridized carbons (Fsp3) is 0.455. The molecule has 0 bridgehead atoms. The van der Waals surface area contributed by atoms with Crippen LogP contribution in [0.4, 0.5) is 22.0 Å². The van der Waals surface area contributed by atoms with Gasteiger partial charge in [0.1, 0.15) is 0 Å². The smallest absolute Gasteiger partial charge is 0.200 e. The molecule has 0 fully saturated rings. The third kappa shape index (κ3) is 1.90. The summed E-state index contributed by atoms with van der Waals surface area (Å²) in [7, 11) is 0. The summed E-state index contributed by atoms with van der Waals surface area (Å²) in [6.07, 6.45) is 0. The van der Waals surface area contributed by atoms with Gasteiger partial charge in [0.2, 0.25) is 5.82 Å². The molecule has 0 aliphatic rings. The van der Waals surface area contributed by atoms with E-state index in [1.54, 1.807) is 13.8 Å². The van der Waals surface area contributed by atoms with Crippen molar-refractivity contribution in [1.82, 2.24) is 0 Å². The maximum Gasteiger partial charge on any atom is 0.200 e. The van der Waals surface area contributed by atoms with Gasteiger partial charge in [-0.25, -0.2) is 22.0 Å². The van der Waals surface area contributed by atoms with Crippen molar-refractivity contribution in [1.29, 1.82) is 0 Å². The number of benzene rings is 1. The van der Waals surface area contributed by atoms with Crippen LogP contribution >= 0.6 is 0 Å². The van der Waals surface area contributed by atoms with Crippen LogP contribution in [0.1, 0.15) is 32.3 Å². The summed E-state index contributed by atoms with van der Waals surface area (Å²) in [6, 6.07) is 0. The van der Waals surface area contributed by atoms with E-state index >= 15 is 0 Å². The second kappa shape index (κ2) is 4.39. The zero-order chi connectivity index (χ0) is 12.6. The minimum atomic E-state index is -2.12. The third-order valence-electron chi connectivity index (χ3n) is 2.70. The normalized spacial score (nSPS) is 13.3. The van der Waals surface area contributed by atoms with Gasteiger partial charge in [-0.2, -0.15) is 0 Å². The van der Waals surface area contributed by atoms with Crippen LogP contribution < -0.4 is 0 Å². The summed E-state index contributed by atoms with van der Waals surface area (Å²) in [5.74, 6) is -10.3. The molecular weight excluding hydrogens is 227 g/mol. The monoisotopic (exact) mass is 238 g/mol. The summed E-state index contributed by atoms with van der Waals surface area (Å²) in [6.45, 7) is 4.70. The first-order chi connectivity index (χ1) is 7.29. The van der Waals surface area contributed by atoms with Crippen LogP contribution in [0.5, 0.6) is 0 Å². The second-order valence-corrected chi connectivity index (χ2v) is 4.02. The second-order valence-electron chi connectivity index (χ2n) is 4.02. The Balaban J connectivity index is 3.51.